The molecule has 0 aromatic rings. The third-order valence-corrected chi connectivity index (χ3v) is 3.47. The SMILES string of the molecule is O=C(CN1C(=O)CSC1=O)NC1CCC1. The summed E-state index contributed by atoms with van der Waals surface area (Å²) in [4.78, 5) is 34.8. The van der Waals surface area contributed by atoms with Crippen LogP contribution in [0.3, 0.4) is 0 Å². The fourth-order valence-corrected chi connectivity index (χ4v) is 2.23. The maximum absolute atomic E-state index is 11.4. The maximum Gasteiger partial charge on any atom is 0.289 e. The van der Waals surface area contributed by atoms with Crippen LogP contribution < -0.4 is 5.32 Å². The molecule has 0 aromatic heterocycles. The van der Waals surface area contributed by atoms with Crippen molar-refractivity contribution in [2.24, 2.45) is 0 Å². The van der Waals surface area contributed by atoms with Crippen molar-refractivity contribution in [2.45, 2.75) is 25.3 Å². The summed E-state index contributed by atoms with van der Waals surface area (Å²) in [5, 5.41) is 2.47. The van der Waals surface area contributed by atoms with Gasteiger partial charge in [0.05, 0.1) is 5.75 Å². The molecule has 15 heavy (non-hydrogen) atoms. The number of hydrogen-bond donors (Lipinski definition) is 1. The standard InChI is InChI=1S/C9H12N2O3S/c12-7(10-6-2-1-3-6)4-11-8(13)5-15-9(11)14/h6H,1-5H2,(H,10,12). The number of thioether (sulfide) groups is 1. The number of hydrogen-bond acceptors (Lipinski definition) is 4. The van der Waals surface area contributed by atoms with Gasteiger partial charge in [0.1, 0.15) is 6.54 Å². The molecule has 0 bridgehead atoms. The molecule has 1 aliphatic carbocycles. The van der Waals surface area contributed by atoms with Crippen LogP contribution in [-0.4, -0.2) is 40.3 Å². The lowest BCUT2D eigenvalue weighted by Crippen LogP contribution is -2.45. The molecule has 3 amide bonds. The number of nitrogens with one attached hydrogen (secondary N) is 1. The molecule has 0 aromatic carbocycles. The molecular formula is C9H12N2O3S. The highest BCUT2D eigenvalue weighted by Crippen LogP contribution is 2.20. The predicted octanol–water partition coefficient (Wildman–Crippen LogP) is 0.350. The second-order valence-electron chi connectivity index (χ2n) is 3.73. The number of carbonyl (C=O) groups is 3. The molecule has 0 atom stereocenters. The first kappa shape index (κ1) is 10.5. The van der Waals surface area contributed by atoms with Gasteiger partial charge in [-0.15, -0.1) is 0 Å². The monoisotopic (exact) mass is 228 g/mol. The fraction of sp³-hybridized carbons (Fsp3) is 0.667. The maximum atomic E-state index is 11.4. The second kappa shape index (κ2) is 4.22. The topological polar surface area (TPSA) is 66.5 Å². The minimum atomic E-state index is -0.316. The van der Waals surface area contributed by atoms with Gasteiger partial charge in [0.2, 0.25) is 11.8 Å². The molecule has 5 nitrogen and oxygen atoms in total. The third-order valence-electron chi connectivity index (χ3n) is 2.61. The van der Waals surface area contributed by atoms with Crippen LogP contribution in [0.5, 0.6) is 0 Å². The van der Waals surface area contributed by atoms with Crippen LogP contribution in [0, 0.1) is 0 Å². The van der Waals surface area contributed by atoms with Gasteiger partial charge < -0.3 is 5.32 Å². The first-order chi connectivity index (χ1) is 7.16. The van der Waals surface area contributed by atoms with Crippen molar-refractivity contribution in [1.82, 2.24) is 10.2 Å². The number of rotatable bonds is 3. The molecule has 0 unspecified atom stereocenters. The average Bonchev–Trinajstić information content (AvgIpc) is 2.43. The third kappa shape index (κ3) is 2.31. The first-order valence-electron chi connectivity index (χ1n) is 4.93. The summed E-state index contributed by atoms with van der Waals surface area (Å²) in [5.41, 5.74) is 0. The summed E-state index contributed by atoms with van der Waals surface area (Å²) in [6, 6.07) is 0.248. The Morgan fingerprint density at radius 2 is 2.20 bits per heavy atom. The Kier molecular flexibility index (Phi) is 2.95. The largest absolute Gasteiger partial charge is 0.352 e. The second-order valence-corrected chi connectivity index (χ2v) is 4.66. The van der Waals surface area contributed by atoms with Crippen LogP contribution in [0.4, 0.5) is 4.79 Å². The van der Waals surface area contributed by atoms with Crippen molar-refractivity contribution in [1.29, 1.82) is 0 Å². The molecule has 0 spiro atoms. The molecule has 1 saturated heterocycles. The molecule has 82 valence electrons. The van der Waals surface area contributed by atoms with Crippen molar-refractivity contribution in [3.05, 3.63) is 0 Å². The number of imide groups is 1. The molecule has 1 saturated carbocycles. The summed E-state index contributed by atoms with van der Waals surface area (Å²) >= 11 is 0.952. The van der Waals surface area contributed by atoms with Gasteiger partial charge in [0, 0.05) is 6.04 Å². The van der Waals surface area contributed by atoms with E-state index in [1.165, 1.54) is 0 Å². The Balaban J connectivity index is 1.82. The number of amides is 3. The van der Waals surface area contributed by atoms with E-state index in [4.69, 9.17) is 0 Å². The Hall–Kier alpha value is -1.04. The van der Waals surface area contributed by atoms with E-state index >= 15 is 0 Å². The van der Waals surface area contributed by atoms with Crippen molar-refractivity contribution in [3.8, 4) is 0 Å². The van der Waals surface area contributed by atoms with Crippen molar-refractivity contribution >= 4 is 28.8 Å². The van der Waals surface area contributed by atoms with Gasteiger partial charge in [-0.2, -0.15) is 0 Å². The zero-order valence-corrected chi connectivity index (χ0v) is 9.01. The molecule has 0 radical (unpaired) electrons. The van der Waals surface area contributed by atoms with Crippen LogP contribution in [0.2, 0.25) is 0 Å². The van der Waals surface area contributed by atoms with Crippen molar-refractivity contribution < 1.29 is 14.4 Å². The lowest BCUT2D eigenvalue weighted by Gasteiger charge is -2.27. The molecule has 1 aliphatic heterocycles. The molecule has 2 fully saturated rings. The molecule has 2 aliphatic rings. The fourth-order valence-electron chi connectivity index (χ4n) is 1.50. The molecule has 1 N–H and O–H groups in total. The van der Waals surface area contributed by atoms with Gasteiger partial charge in [0.25, 0.3) is 5.24 Å². The Bertz CT molecular complexity index is 298. The quantitative estimate of drug-likeness (QED) is 0.757. The number of nitrogens with zero attached hydrogens (tertiary/aromatic N) is 1. The van der Waals surface area contributed by atoms with Gasteiger partial charge in [-0.05, 0) is 19.3 Å². The minimum absolute atomic E-state index is 0.124. The molecular weight excluding hydrogens is 216 g/mol. The van der Waals surface area contributed by atoms with E-state index in [-0.39, 0.29) is 35.4 Å². The predicted molar refractivity (Wildman–Crippen MR) is 55.3 cm³/mol. The first-order valence-corrected chi connectivity index (χ1v) is 5.92. The summed E-state index contributed by atoms with van der Waals surface area (Å²) in [5.74, 6) is -0.340. The Morgan fingerprint density at radius 1 is 1.47 bits per heavy atom. The smallest absolute Gasteiger partial charge is 0.289 e. The average molecular weight is 228 g/mol. The van der Waals surface area contributed by atoms with Crippen LogP contribution in [0.25, 0.3) is 0 Å². The van der Waals surface area contributed by atoms with E-state index in [1.807, 2.05) is 0 Å². The highest BCUT2D eigenvalue weighted by atomic mass is 32.2. The normalized spacial score (nSPS) is 21.7. The van der Waals surface area contributed by atoms with E-state index in [9.17, 15) is 14.4 Å². The van der Waals surface area contributed by atoms with Crippen molar-refractivity contribution in [3.63, 3.8) is 0 Å². The van der Waals surface area contributed by atoms with Crippen LogP contribution in [-0.2, 0) is 9.59 Å². The minimum Gasteiger partial charge on any atom is -0.352 e. The summed E-state index contributed by atoms with van der Waals surface area (Å²) in [6.45, 7) is -0.124. The molecule has 6 heteroatoms. The van der Waals surface area contributed by atoms with Gasteiger partial charge in [0.15, 0.2) is 0 Å². The zero-order chi connectivity index (χ0) is 10.8. The van der Waals surface area contributed by atoms with Crippen LogP contribution >= 0.6 is 11.8 Å². The highest BCUT2D eigenvalue weighted by molar-refractivity contribution is 8.14. The van der Waals surface area contributed by atoms with E-state index in [1.54, 1.807) is 0 Å². The Labute approximate surface area is 91.6 Å². The zero-order valence-electron chi connectivity index (χ0n) is 8.19. The Morgan fingerprint density at radius 3 is 2.67 bits per heavy atom. The van der Waals surface area contributed by atoms with Crippen LogP contribution in [0.1, 0.15) is 19.3 Å². The van der Waals surface area contributed by atoms with Gasteiger partial charge in [-0.1, -0.05) is 11.8 Å². The highest BCUT2D eigenvalue weighted by Gasteiger charge is 2.32. The summed E-state index contributed by atoms with van der Waals surface area (Å²) in [6.07, 6.45) is 3.15. The summed E-state index contributed by atoms with van der Waals surface area (Å²) in [7, 11) is 0. The number of carbonyl (C=O) groups excluding carboxylic acids is 3. The van der Waals surface area contributed by atoms with Gasteiger partial charge >= 0.3 is 0 Å². The van der Waals surface area contributed by atoms with Crippen LogP contribution in [0.15, 0.2) is 0 Å². The van der Waals surface area contributed by atoms with E-state index in [0.29, 0.717) is 0 Å². The molecule has 2 rings (SSSR count). The van der Waals surface area contributed by atoms with E-state index in [2.05, 4.69) is 5.32 Å². The summed E-state index contributed by atoms with van der Waals surface area (Å²) < 4.78 is 0. The van der Waals surface area contributed by atoms with E-state index in [0.717, 1.165) is 35.9 Å². The lowest BCUT2D eigenvalue weighted by molar-refractivity contribution is -0.131. The lowest BCUT2D eigenvalue weighted by atomic mass is 9.93. The molecule has 1 heterocycles. The van der Waals surface area contributed by atoms with Crippen molar-refractivity contribution in [2.75, 3.05) is 12.3 Å². The van der Waals surface area contributed by atoms with Gasteiger partial charge in [-0.25, -0.2) is 0 Å². The van der Waals surface area contributed by atoms with E-state index < -0.39 is 0 Å². The van der Waals surface area contributed by atoms with Gasteiger partial charge in [-0.3, -0.25) is 19.3 Å².